The van der Waals surface area contributed by atoms with E-state index in [9.17, 15) is 26.0 Å². The van der Waals surface area contributed by atoms with Crippen LogP contribution in [-0.4, -0.2) is 70.5 Å². The molecule has 1 amide bonds. The molecular weight excluding hydrogens is 461 g/mol. The number of nitrogens with zero attached hydrogens (tertiary/aromatic N) is 2. The van der Waals surface area contributed by atoms with Crippen LogP contribution in [0.4, 0.5) is 10.1 Å². The highest BCUT2D eigenvalue weighted by Gasteiger charge is 2.26. The number of benzene rings is 2. The number of halogens is 1. The van der Waals surface area contributed by atoms with E-state index in [4.69, 9.17) is 4.74 Å². The normalized spacial score (nSPS) is 15.6. The molecule has 0 unspecified atom stereocenters. The van der Waals surface area contributed by atoms with Crippen LogP contribution < -0.4 is 5.32 Å². The third-order valence-corrected chi connectivity index (χ3v) is 7.95. The van der Waals surface area contributed by atoms with Crippen molar-refractivity contribution in [3.05, 3.63) is 59.9 Å². The maximum atomic E-state index is 13.9. The van der Waals surface area contributed by atoms with Gasteiger partial charge in [-0.15, -0.1) is 0 Å². The van der Waals surface area contributed by atoms with Crippen LogP contribution in [0.15, 0.2) is 53.4 Å². The summed E-state index contributed by atoms with van der Waals surface area (Å²) < 4.78 is 70.8. The fourth-order valence-corrected chi connectivity index (χ4v) is 5.25. The summed E-state index contributed by atoms with van der Waals surface area (Å²) in [5.74, 6) is -1.21. The topological polar surface area (TPSA) is 113 Å². The van der Waals surface area contributed by atoms with Crippen LogP contribution >= 0.6 is 0 Å². The van der Waals surface area contributed by atoms with E-state index >= 15 is 0 Å². The number of rotatable bonds is 8. The van der Waals surface area contributed by atoms with Crippen molar-refractivity contribution in [3.63, 3.8) is 0 Å². The minimum Gasteiger partial charge on any atom is -0.379 e. The molecule has 0 radical (unpaired) electrons. The van der Waals surface area contributed by atoms with Crippen LogP contribution in [-0.2, 0) is 36.1 Å². The van der Waals surface area contributed by atoms with Crippen LogP contribution in [0.5, 0.6) is 0 Å². The third kappa shape index (κ3) is 6.11. The third-order valence-electron chi connectivity index (χ3n) is 4.84. The van der Waals surface area contributed by atoms with E-state index in [2.05, 4.69) is 5.32 Å². The molecule has 1 fully saturated rings. The molecule has 32 heavy (non-hydrogen) atoms. The Morgan fingerprint density at radius 1 is 1.06 bits per heavy atom. The summed E-state index contributed by atoms with van der Waals surface area (Å²) in [6.07, 6.45) is 0.937. The number of amides is 1. The Bertz CT molecular complexity index is 1160. The summed E-state index contributed by atoms with van der Waals surface area (Å²) in [7, 11) is -7.46. The van der Waals surface area contributed by atoms with Crippen LogP contribution in [0.25, 0.3) is 0 Å². The van der Waals surface area contributed by atoms with E-state index in [0.29, 0.717) is 18.9 Å². The average molecular weight is 486 g/mol. The minimum absolute atomic E-state index is 0.0784. The highest BCUT2D eigenvalue weighted by Crippen LogP contribution is 2.20. The summed E-state index contributed by atoms with van der Waals surface area (Å²) in [5, 5.41) is 2.54. The zero-order valence-corrected chi connectivity index (χ0v) is 19.0. The maximum Gasteiger partial charge on any atom is 0.243 e. The number of ether oxygens (including phenoxy) is 1. The lowest BCUT2D eigenvalue weighted by molar-refractivity contribution is -0.116. The molecule has 9 nitrogen and oxygen atoms in total. The van der Waals surface area contributed by atoms with E-state index in [-0.39, 0.29) is 30.1 Å². The fraction of sp³-hybridized carbons (Fsp3) is 0.350. The molecule has 174 valence electrons. The second-order valence-electron chi connectivity index (χ2n) is 7.21. The number of nitrogens with one attached hydrogen (secondary N) is 1. The van der Waals surface area contributed by atoms with Crippen molar-refractivity contribution in [1.29, 1.82) is 0 Å². The molecule has 0 aliphatic carbocycles. The van der Waals surface area contributed by atoms with Crippen LogP contribution in [0, 0.1) is 5.82 Å². The largest absolute Gasteiger partial charge is 0.379 e. The zero-order chi connectivity index (χ0) is 23.4. The lowest BCUT2D eigenvalue weighted by atomic mass is 10.2. The van der Waals surface area contributed by atoms with Gasteiger partial charge < -0.3 is 10.1 Å². The van der Waals surface area contributed by atoms with Gasteiger partial charge in [0.05, 0.1) is 30.9 Å². The Balaban J connectivity index is 1.67. The molecule has 0 spiro atoms. The number of sulfonamides is 2. The van der Waals surface area contributed by atoms with Gasteiger partial charge in [0.15, 0.2) is 0 Å². The Morgan fingerprint density at radius 3 is 2.28 bits per heavy atom. The minimum atomic E-state index is -3.79. The predicted octanol–water partition coefficient (Wildman–Crippen LogP) is 1.25. The van der Waals surface area contributed by atoms with Crippen LogP contribution in [0.2, 0.25) is 0 Å². The summed E-state index contributed by atoms with van der Waals surface area (Å²) in [4.78, 5) is 12.5. The second-order valence-corrected chi connectivity index (χ2v) is 11.1. The number of morpholine rings is 1. The van der Waals surface area contributed by atoms with Crippen molar-refractivity contribution in [1.82, 2.24) is 8.61 Å². The second kappa shape index (κ2) is 10.0. The first-order valence-electron chi connectivity index (χ1n) is 9.74. The van der Waals surface area contributed by atoms with Crippen molar-refractivity contribution in [3.8, 4) is 0 Å². The zero-order valence-electron chi connectivity index (χ0n) is 17.4. The van der Waals surface area contributed by atoms with Crippen molar-refractivity contribution < 1.29 is 30.8 Å². The monoisotopic (exact) mass is 485 g/mol. The van der Waals surface area contributed by atoms with Gasteiger partial charge in [-0.2, -0.15) is 8.61 Å². The van der Waals surface area contributed by atoms with E-state index < -0.39 is 38.3 Å². The molecule has 0 aromatic heterocycles. The van der Waals surface area contributed by atoms with Crippen molar-refractivity contribution in [2.24, 2.45) is 0 Å². The molecule has 0 atom stereocenters. The smallest absolute Gasteiger partial charge is 0.243 e. The molecule has 1 N–H and O–H groups in total. The molecule has 0 bridgehead atoms. The molecule has 2 aromatic rings. The van der Waals surface area contributed by atoms with Gasteiger partial charge in [-0.1, -0.05) is 18.2 Å². The molecular formula is C20H24FN3O6S2. The Labute approximate surface area is 186 Å². The predicted molar refractivity (Wildman–Crippen MR) is 116 cm³/mol. The molecule has 2 aromatic carbocycles. The number of carbonyl (C=O) groups is 1. The van der Waals surface area contributed by atoms with Gasteiger partial charge in [0.25, 0.3) is 0 Å². The maximum absolute atomic E-state index is 13.9. The van der Waals surface area contributed by atoms with E-state index in [1.165, 1.54) is 46.8 Å². The summed E-state index contributed by atoms with van der Waals surface area (Å²) in [6, 6.07) is 11.3. The number of anilines is 1. The van der Waals surface area contributed by atoms with Crippen molar-refractivity contribution >= 4 is 31.6 Å². The Morgan fingerprint density at radius 2 is 1.69 bits per heavy atom. The quantitative estimate of drug-likeness (QED) is 0.602. The van der Waals surface area contributed by atoms with Crippen LogP contribution in [0.3, 0.4) is 0 Å². The Hall–Kier alpha value is -2.38. The van der Waals surface area contributed by atoms with Gasteiger partial charge in [-0.25, -0.2) is 21.2 Å². The molecule has 1 aliphatic heterocycles. The first kappa shape index (κ1) is 24.3. The fourth-order valence-electron chi connectivity index (χ4n) is 3.11. The first-order valence-corrected chi connectivity index (χ1v) is 13.0. The molecule has 1 heterocycles. The molecule has 0 saturated carbocycles. The van der Waals surface area contributed by atoms with E-state index in [1.54, 1.807) is 6.07 Å². The van der Waals surface area contributed by atoms with E-state index in [0.717, 1.165) is 10.6 Å². The molecule has 12 heteroatoms. The van der Waals surface area contributed by atoms with Crippen molar-refractivity contribution in [2.75, 3.05) is 44.4 Å². The lowest BCUT2D eigenvalue weighted by Gasteiger charge is -2.26. The van der Waals surface area contributed by atoms with E-state index in [1.807, 2.05) is 0 Å². The van der Waals surface area contributed by atoms with Gasteiger partial charge in [-0.3, -0.25) is 4.79 Å². The summed E-state index contributed by atoms with van der Waals surface area (Å²) in [5.41, 5.74) is 0.443. The molecule has 3 rings (SSSR count). The SMILES string of the molecule is CS(=O)(=O)N(CC(=O)Nc1ccc(S(=O)(=O)N2CCOCC2)cc1)Cc1ccccc1F. The van der Waals surface area contributed by atoms with Crippen molar-refractivity contribution in [2.45, 2.75) is 11.4 Å². The van der Waals surface area contributed by atoms with Gasteiger partial charge in [0, 0.05) is 30.9 Å². The molecule has 1 aliphatic rings. The number of carbonyl (C=O) groups excluding carboxylic acids is 1. The van der Waals surface area contributed by atoms with Gasteiger partial charge >= 0.3 is 0 Å². The van der Waals surface area contributed by atoms with Gasteiger partial charge in [0.1, 0.15) is 5.82 Å². The highest BCUT2D eigenvalue weighted by atomic mass is 32.2. The van der Waals surface area contributed by atoms with Gasteiger partial charge in [0.2, 0.25) is 26.0 Å². The summed E-state index contributed by atoms with van der Waals surface area (Å²) >= 11 is 0. The van der Waals surface area contributed by atoms with Gasteiger partial charge in [-0.05, 0) is 30.3 Å². The molecule has 1 saturated heterocycles. The highest BCUT2D eigenvalue weighted by molar-refractivity contribution is 7.89. The summed E-state index contributed by atoms with van der Waals surface area (Å²) in [6.45, 7) is 0.374. The Kier molecular flexibility index (Phi) is 7.62. The lowest BCUT2D eigenvalue weighted by Crippen LogP contribution is -2.40. The number of hydrogen-bond donors (Lipinski definition) is 1. The standard InChI is InChI=1S/C20H24FN3O6S2/c1-31(26,27)24(14-16-4-2-3-5-19(16)21)15-20(25)22-17-6-8-18(9-7-17)32(28,29)23-10-12-30-13-11-23/h2-9H,10-15H2,1H3,(H,22,25). The first-order chi connectivity index (χ1) is 15.1. The number of hydrogen-bond acceptors (Lipinski definition) is 6. The average Bonchev–Trinajstić information content (AvgIpc) is 2.75. The van der Waals surface area contributed by atoms with Crippen LogP contribution in [0.1, 0.15) is 5.56 Å².